The Balaban J connectivity index is 2.41. The SMILES string of the molecule is CC1(NC(=O)CCl)CCCCC1. The van der Waals surface area contributed by atoms with Crippen molar-refractivity contribution in [3.05, 3.63) is 0 Å². The van der Waals surface area contributed by atoms with Gasteiger partial charge in [-0.15, -0.1) is 11.6 Å². The van der Waals surface area contributed by atoms with E-state index in [2.05, 4.69) is 12.2 Å². The van der Waals surface area contributed by atoms with E-state index in [0.717, 1.165) is 12.8 Å². The summed E-state index contributed by atoms with van der Waals surface area (Å²) in [4.78, 5) is 11.0. The second kappa shape index (κ2) is 4.13. The van der Waals surface area contributed by atoms with Crippen LogP contribution in [-0.2, 0) is 4.79 Å². The molecule has 1 aliphatic carbocycles. The summed E-state index contributed by atoms with van der Waals surface area (Å²) in [6.07, 6.45) is 5.93. The highest BCUT2D eigenvalue weighted by Crippen LogP contribution is 2.27. The first-order valence-electron chi connectivity index (χ1n) is 4.53. The minimum absolute atomic E-state index is 0.0181. The molecule has 0 aromatic heterocycles. The van der Waals surface area contributed by atoms with Gasteiger partial charge in [-0.05, 0) is 19.8 Å². The molecule has 0 aromatic rings. The molecule has 0 atom stereocenters. The van der Waals surface area contributed by atoms with Gasteiger partial charge < -0.3 is 5.32 Å². The fourth-order valence-corrected chi connectivity index (χ4v) is 1.89. The molecule has 0 spiro atoms. The van der Waals surface area contributed by atoms with Crippen LogP contribution in [0.15, 0.2) is 0 Å². The van der Waals surface area contributed by atoms with Crippen LogP contribution in [0.5, 0.6) is 0 Å². The summed E-state index contributed by atoms with van der Waals surface area (Å²) in [6.45, 7) is 2.11. The van der Waals surface area contributed by atoms with Crippen LogP contribution in [0.25, 0.3) is 0 Å². The average Bonchev–Trinajstić information content (AvgIpc) is 2.05. The van der Waals surface area contributed by atoms with Crippen molar-refractivity contribution in [2.45, 2.75) is 44.6 Å². The first-order chi connectivity index (χ1) is 5.66. The van der Waals surface area contributed by atoms with Crippen molar-refractivity contribution in [3.8, 4) is 0 Å². The third-order valence-corrected chi connectivity index (χ3v) is 2.76. The Morgan fingerprint density at radius 2 is 2.00 bits per heavy atom. The first kappa shape index (κ1) is 9.85. The summed E-state index contributed by atoms with van der Waals surface area (Å²) in [5.41, 5.74) is 0.0181. The van der Waals surface area contributed by atoms with Crippen LogP contribution in [-0.4, -0.2) is 17.3 Å². The highest BCUT2D eigenvalue weighted by atomic mass is 35.5. The Bertz CT molecular complexity index is 164. The predicted molar refractivity (Wildman–Crippen MR) is 50.4 cm³/mol. The largest absolute Gasteiger partial charge is 0.350 e. The standard InChI is InChI=1S/C9H16ClNO/c1-9(11-8(12)7-10)5-3-2-4-6-9/h2-7H2,1H3,(H,11,12). The van der Waals surface area contributed by atoms with E-state index in [9.17, 15) is 4.79 Å². The van der Waals surface area contributed by atoms with Crippen molar-refractivity contribution >= 4 is 17.5 Å². The number of alkyl halides is 1. The first-order valence-corrected chi connectivity index (χ1v) is 5.07. The molecule has 0 bridgehead atoms. The number of hydrogen-bond donors (Lipinski definition) is 1. The fraction of sp³-hybridized carbons (Fsp3) is 0.889. The van der Waals surface area contributed by atoms with Crippen LogP contribution < -0.4 is 5.32 Å². The van der Waals surface area contributed by atoms with E-state index in [1.165, 1.54) is 19.3 Å². The summed E-state index contributed by atoms with van der Waals surface area (Å²) in [5, 5.41) is 2.97. The van der Waals surface area contributed by atoms with Crippen molar-refractivity contribution in [1.82, 2.24) is 5.32 Å². The topological polar surface area (TPSA) is 29.1 Å². The summed E-state index contributed by atoms with van der Waals surface area (Å²) >= 11 is 5.42. The summed E-state index contributed by atoms with van der Waals surface area (Å²) < 4.78 is 0. The molecule has 3 heteroatoms. The van der Waals surface area contributed by atoms with Crippen LogP contribution in [0.3, 0.4) is 0 Å². The molecule has 12 heavy (non-hydrogen) atoms. The summed E-state index contributed by atoms with van der Waals surface area (Å²) in [7, 11) is 0. The number of halogens is 1. The van der Waals surface area contributed by atoms with Gasteiger partial charge in [-0.1, -0.05) is 19.3 Å². The van der Waals surface area contributed by atoms with E-state index in [-0.39, 0.29) is 17.3 Å². The van der Waals surface area contributed by atoms with Gasteiger partial charge in [-0.25, -0.2) is 0 Å². The lowest BCUT2D eigenvalue weighted by atomic mass is 9.83. The average molecular weight is 190 g/mol. The highest BCUT2D eigenvalue weighted by Gasteiger charge is 2.27. The maximum Gasteiger partial charge on any atom is 0.235 e. The number of amides is 1. The molecule has 2 nitrogen and oxygen atoms in total. The zero-order valence-electron chi connectivity index (χ0n) is 7.53. The quantitative estimate of drug-likeness (QED) is 0.663. The van der Waals surface area contributed by atoms with Crippen LogP contribution in [0.4, 0.5) is 0 Å². The number of rotatable bonds is 2. The van der Waals surface area contributed by atoms with Crippen LogP contribution in [0, 0.1) is 0 Å². The van der Waals surface area contributed by atoms with E-state index in [1.54, 1.807) is 0 Å². The molecule has 0 radical (unpaired) electrons. The minimum atomic E-state index is -0.0407. The van der Waals surface area contributed by atoms with E-state index in [4.69, 9.17) is 11.6 Å². The molecule has 0 unspecified atom stereocenters. The maximum absolute atomic E-state index is 11.0. The lowest BCUT2D eigenvalue weighted by Crippen LogP contribution is -2.47. The molecule has 1 saturated carbocycles. The van der Waals surface area contributed by atoms with Gasteiger partial charge in [0.25, 0.3) is 0 Å². The molecular weight excluding hydrogens is 174 g/mol. The van der Waals surface area contributed by atoms with Crippen LogP contribution >= 0.6 is 11.6 Å². The van der Waals surface area contributed by atoms with Crippen molar-refractivity contribution in [1.29, 1.82) is 0 Å². The molecule has 0 aliphatic heterocycles. The zero-order valence-corrected chi connectivity index (χ0v) is 8.28. The Kier molecular flexibility index (Phi) is 3.39. The van der Waals surface area contributed by atoms with Gasteiger partial charge in [0.1, 0.15) is 5.88 Å². The molecule has 1 fully saturated rings. The molecule has 1 amide bonds. The molecule has 1 N–H and O–H groups in total. The van der Waals surface area contributed by atoms with Crippen molar-refractivity contribution in [2.24, 2.45) is 0 Å². The summed E-state index contributed by atoms with van der Waals surface area (Å²) in [5.74, 6) is 0.0383. The fourth-order valence-electron chi connectivity index (χ4n) is 1.83. The van der Waals surface area contributed by atoms with Crippen LogP contribution in [0.1, 0.15) is 39.0 Å². The number of hydrogen-bond acceptors (Lipinski definition) is 1. The molecule has 70 valence electrons. The molecule has 1 aliphatic rings. The maximum atomic E-state index is 11.0. The van der Waals surface area contributed by atoms with Crippen molar-refractivity contribution in [2.75, 3.05) is 5.88 Å². The molecule has 0 saturated heterocycles. The minimum Gasteiger partial charge on any atom is -0.350 e. The van der Waals surface area contributed by atoms with E-state index < -0.39 is 0 Å². The normalized spacial score (nSPS) is 21.8. The molecule has 0 aromatic carbocycles. The molecule has 1 rings (SSSR count). The Hall–Kier alpha value is -0.240. The van der Waals surface area contributed by atoms with Gasteiger partial charge in [-0.2, -0.15) is 0 Å². The third kappa shape index (κ3) is 2.67. The van der Waals surface area contributed by atoms with Gasteiger partial charge >= 0.3 is 0 Å². The van der Waals surface area contributed by atoms with Crippen molar-refractivity contribution < 1.29 is 4.79 Å². The van der Waals surface area contributed by atoms with Crippen molar-refractivity contribution in [3.63, 3.8) is 0 Å². The van der Waals surface area contributed by atoms with Gasteiger partial charge in [0, 0.05) is 5.54 Å². The van der Waals surface area contributed by atoms with Gasteiger partial charge in [0.2, 0.25) is 5.91 Å². The van der Waals surface area contributed by atoms with Gasteiger partial charge in [-0.3, -0.25) is 4.79 Å². The molecular formula is C9H16ClNO. The number of carbonyl (C=O) groups excluding carboxylic acids is 1. The lowest BCUT2D eigenvalue weighted by molar-refractivity contribution is -0.120. The van der Waals surface area contributed by atoms with E-state index in [0.29, 0.717) is 0 Å². The van der Waals surface area contributed by atoms with Gasteiger partial charge in [0.05, 0.1) is 0 Å². The van der Waals surface area contributed by atoms with E-state index >= 15 is 0 Å². The Morgan fingerprint density at radius 3 is 2.50 bits per heavy atom. The smallest absolute Gasteiger partial charge is 0.235 e. The predicted octanol–water partition coefficient (Wildman–Crippen LogP) is 2.06. The van der Waals surface area contributed by atoms with E-state index in [1.807, 2.05) is 0 Å². The monoisotopic (exact) mass is 189 g/mol. The number of nitrogens with one attached hydrogen (secondary N) is 1. The third-order valence-electron chi connectivity index (χ3n) is 2.52. The van der Waals surface area contributed by atoms with Crippen LogP contribution in [0.2, 0.25) is 0 Å². The Morgan fingerprint density at radius 1 is 1.42 bits per heavy atom. The molecule has 0 heterocycles. The highest BCUT2D eigenvalue weighted by molar-refractivity contribution is 6.27. The zero-order chi connectivity index (χ0) is 9.03. The lowest BCUT2D eigenvalue weighted by Gasteiger charge is -2.34. The summed E-state index contributed by atoms with van der Waals surface area (Å²) in [6, 6.07) is 0. The Labute approximate surface area is 78.7 Å². The second-order valence-electron chi connectivity index (χ2n) is 3.80. The second-order valence-corrected chi connectivity index (χ2v) is 4.07. The van der Waals surface area contributed by atoms with Gasteiger partial charge in [0.15, 0.2) is 0 Å². The number of carbonyl (C=O) groups is 1.